The minimum atomic E-state index is -0.326. The summed E-state index contributed by atoms with van der Waals surface area (Å²) in [6, 6.07) is 12.2. The maximum Gasteiger partial charge on any atom is 0.224 e. The van der Waals surface area contributed by atoms with E-state index in [0.29, 0.717) is 51.6 Å². The van der Waals surface area contributed by atoms with Crippen molar-refractivity contribution >= 4 is 33.7 Å². The first-order valence-electron chi connectivity index (χ1n) is 11.7. The molecule has 6 aromatic rings. The number of imidazole rings is 1. The smallest absolute Gasteiger partial charge is 0.224 e. The summed E-state index contributed by atoms with van der Waals surface area (Å²) in [6.45, 7) is 3.63. The first-order chi connectivity index (χ1) is 18.0. The number of benzene rings is 1. The lowest BCUT2D eigenvalue weighted by atomic mass is 10.1. The highest BCUT2D eigenvalue weighted by Gasteiger charge is 2.18. The van der Waals surface area contributed by atoms with Gasteiger partial charge < -0.3 is 10.3 Å². The molecule has 0 spiro atoms. The Morgan fingerprint density at radius 1 is 0.973 bits per heavy atom. The first kappa shape index (κ1) is 22.5. The normalized spacial score (nSPS) is 11.3. The third-order valence-corrected chi connectivity index (χ3v) is 5.99. The van der Waals surface area contributed by atoms with E-state index in [1.54, 1.807) is 25.5 Å². The van der Waals surface area contributed by atoms with E-state index in [-0.39, 0.29) is 11.7 Å². The highest BCUT2D eigenvalue weighted by atomic mass is 19.1. The van der Waals surface area contributed by atoms with Crippen molar-refractivity contribution in [3.05, 3.63) is 72.4 Å². The topological polar surface area (TPSA) is 125 Å². The van der Waals surface area contributed by atoms with Gasteiger partial charge in [-0.1, -0.05) is 6.92 Å². The number of pyridine rings is 3. The predicted octanol–water partition coefficient (Wildman–Crippen LogP) is 5.42. The van der Waals surface area contributed by atoms with Crippen molar-refractivity contribution in [3.8, 4) is 34.0 Å². The summed E-state index contributed by atoms with van der Waals surface area (Å²) in [4.78, 5) is 33.4. The number of amides is 1. The molecule has 0 atom stereocenters. The largest absolute Gasteiger partial charge is 0.336 e. The van der Waals surface area contributed by atoms with Gasteiger partial charge in [-0.15, -0.1) is 0 Å². The van der Waals surface area contributed by atoms with Crippen LogP contribution in [0.1, 0.15) is 18.9 Å². The molecule has 5 heterocycles. The molecule has 0 aliphatic rings. The monoisotopic (exact) mass is 492 g/mol. The second-order valence-electron chi connectivity index (χ2n) is 8.69. The van der Waals surface area contributed by atoms with Crippen LogP contribution in [0.5, 0.6) is 0 Å². The Morgan fingerprint density at radius 2 is 1.84 bits per heavy atom. The summed E-state index contributed by atoms with van der Waals surface area (Å²) in [5.41, 5.74) is 7.30. The van der Waals surface area contributed by atoms with Crippen molar-refractivity contribution < 1.29 is 9.18 Å². The minimum Gasteiger partial charge on any atom is -0.336 e. The van der Waals surface area contributed by atoms with Crippen molar-refractivity contribution in [1.82, 2.24) is 35.1 Å². The molecule has 0 unspecified atom stereocenters. The SMILES string of the molecule is CCC(=O)Nc1cncc(-c2ccc3[nH]nc(-c4nc5c(-c6cc(C)cc(F)c6)nccc5[nH]4)c3n2)c1. The molecule has 0 radical (unpaired) electrons. The molecule has 0 aliphatic carbocycles. The number of aromatic amines is 2. The Kier molecular flexibility index (Phi) is 5.41. The molecule has 0 fully saturated rings. The maximum atomic E-state index is 14.1. The Morgan fingerprint density at radius 3 is 2.68 bits per heavy atom. The molecule has 37 heavy (non-hydrogen) atoms. The minimum absolute atomic E-state index is 0.0911. The number of fused-ring (bicyclic) bond motifs is 2. The van der Waals surface area contributed by atoms with Crippen LogP contribution in [-0.2, 0) is 4.79 Å². The lowest BCUT2D eigenvalue weighted by Crippen LogP contribution is -2.09. The quantitative estimate of drug-likeness (QED) is 0.295. The number of hydrogen-bond acceptors (Lipinski definition) is 6. The number of halogens is 1. The lowest BCUT2D eigenvalue weighted by Gasteiger charge is -2.06. The zero-order valence-electron chi connectivity index (χ0n) is 20.0. The van der Waals surface area contributed by atoms with Crippen molar-refractivity contribution in [3.63, 3.8) is 0 Å². The number of nitrogens with one attached hydrogen (secondary N) is 3. The van der Waals surface area contributed by atoms with Gasteiger partial charge in [-0.05, 0) is 55.0 Å². The van der Waals surface area contributed by atoms with Crippen LogP contribution in [0.25, 0.3) is 56.1 Å². The second kappa shape index (κ2) is 8.90. The molecular weight excluding hydrogens is 471 g/mol. The van der Waals surface area contributed by atoms with E-state index >= 15 is 0 Å². The molecule has 182 valence electrons. The van der Waals surface area contributed by atoms with Crippen LogP contribution >= 0.6 is 0 Å². The number of carbonyl (C=O) groups excluding carboxylic acids is 1. The molecule has 0 saturated carbocycles. The molecule has 6 rings (SSSR count). The third kappa shape index (κ3) is 4.18. The van der Waals surface area contributed by atoms with Gasteiger partial charge in [0.15, 0.2) is 11.5 Å². The van der Waals surface area contributed by atoms with Gasteiger partial charge in [-0.2, -0.15) is 5.10 Å². The van der Waals surface area contributed by atoms with Crippen molar-refractivity contribution in [2.45, 2.75) is 20.3 Å². The molecular formula is C27H21FN8O. The van der Waals surface area contributed by atoms with Gasteiger partial charge in [0.2, 0.25) is 5.91 Å². The molecule has 1 aromatic carbocycles. The number of hydrogen-bond donors (Lipinski definition) is 3. The van der Waals surface area contributed by atoms with Crippen LogP contribution < -0.4 is 5.32 Å². The summed E-state index contributed by atoms with van der Waals surface area (Å²) in [5.74, 6) is 0.0920. The number of carbonyl (C=O) groups is 1. The lowest BCUT2D eigenvalue weighted by molar-refractivity contribution is -0.115. The number of anilines is 1. The molecule has 5 aromatic heterocycles. The number of rotatable bonds is 5. The van der Waals surface area contributed by atoms with Gasteiger partial charge in [0.05, 0.1) is 34.3 Å². The molecule has 1 amide bonds. The fourth-order valence-corrected chi connectivity index (χ4v) is 4.25. The van der Waals surface area contributed by atoms with Crippen molar-refractivity contribution in [2.24, 2.45) is 0 Å². The highest BCUT2D eigenvalue weighted by Crippen LogP contribution is 2.31. The van der Waals surface area contributed by atoms with Crippen LogP contribution in [0.15, 0.2) is 61.1 Å². The first-order valence-corrected chi connectivity index (χ1v) is 11.7. The van der Waals surface area contributed by atoms with Gasteiger partial charge in [0.25, 0.3) is 0 Å². The average Bonchev–Trinajstić information content (AvgIpc) is 3.51. The molecule has 0 aliphatic heterocycles. The fraction of sp³-hybridized carbons (Fsp3) is 0.111. The van der Waals surface area contributed by atoms with Crippen molar-refractivity contribution in [2.75, 3.05) is 5.32 Å². The molecule has 0 saturated heterocycles. The fourth-order valence-electron chi connectivity index (χ4n) is 4.25. The van der Waals surface area contributed by atoms with E-state index in [9.17, 15) is 9.18 Å². The summed E-state index contributed by atoms with van der Waals surface area (Å²) in [6.07, 6.45) is 5.32. The Labute approximate surface area is 210 Å². The summed E-state index contributed by atoms with van der Waals surface area (Å²) < 4.78 is 14.1. The van der Waals surface area contributed by atoms with Gasteiger partial charge in [-0.3, -0.25) is 19.9 Å². The molecule has 3 N–H and O–H groups in total. The van der Waals surface area contributed by atoms with Gasteiger partial charge >= 0.3 is 0 Å². The summed E-state index contributed by atoms with van der Waals surface area (Å²) in [7, 11) is 0. The van der Waals surface area contributed by atoms with Gasteiger partial charge in [-0.25, -0.2) is 14.4 Å². The van der Waals surface area contributed by atoms with E-state index in [2.05, 4.69) is 30.5 Å². The van der Waals surface area contributed by atoms with E-state index in [1.807, 2.05) is 37.3 Å². The van der Waals surface area contributed by atoms with Crippen LogP contribution in [0.2, 0.25) is 0 Å². The number of H-pyrrole nitrogens is 2. The van der Waals surface area contributed by atoms with Crippen LogP contribution in [-0.4, -0.2) is 41.0 Å². The molecule has 10 heteroatoms. The Bertz CT molecular complexity index is 1790. The van der Waals surface area contributed by atoms with Crippen molar-refractivity contribution in [1.29, 1.82) is 0 Å². The molecule has 0 bridgehead atoms. The Hall–Kier alpha value is -4.99. The zero-order chi connectivity index (χ0) is 25.5. The summed E-state index contributed by atoms with van der Waals surface area (Å²) in [5, 5.41) is 10.3. The van der Waals surface area contributed by atoms with E-state index in [4.69, 9.17) is 9.97 Å². The molecule has 9 nitrogen and oxygen atoms in total. The van der Waals surface area contributed by atoms with E-state index in [1.165, 1.54) is 12.1 Å². The van der Waals surface area contributed by atoms with E-state index < -0.39 is 0 Å². The second-order valence-corrected chi connectivity index (χ2v) is 8.69. The summed E-state index contributed by atoms with van der Waals surface area (Å²) >= 11 is 0. The number of aromatic nitrogens is 7. The third-order valence-electron chi connectivity index (χ3n) is 5.99. The Balaban J connectivity index is 1.43. The van der Waals surface area contributed by atoms with Crippen LogP contribution in [0, 0.1) is 12.7 Å². The predicted molar refractivity (Wildman–Crippen MR) is 139 cm³/mol. The number of aryl methyl sites for hydroxylation is 1. The number of nitrogens with zero attached hydrogens (tertiary/aromatic N) is 5. The van der Waals surface area contributed by atoms with Gasteiger partial charge in [0.1, 0.15) is 16.9 Å². The van der Waals surface area contributed by atoms with E-state index in [0.717, 1.165) is 22.2 Å². The van der Waals surface area contributed by atoms with Crippen LogP contribution in [0.3, 0.4) is 0 Å². The zero-order valence-corrected chi connectivity index (χ0v) is 20.0. The average molecular weight is 493 g/mol. The highest BCUT2D eigenvalue weighted by molar-refractivity contribution is 5.95. The van der Waals surface area contributed by atoms with Gasteiger partial charge in [0, 0.05) is 29.9 Å². The standard InChI is InChI=1S/C27H21FN8O/c1-3-22(37)31-18-11-16(12-29-13-18)19-4-5-21-25(32-19)26(36-35-21)27-33-20-6-7-30-23(24(20)34-27)15-8-14(2)9-17(28)10-15/h4-13H,3H2,1-2H3,(H,31,37)(H,33,34)(H,35,36). The van der Waals surface area contributed by atoms with Crippen LogP contribution in [0.4, 0.5) is 10.1 Å². The maximum absolute atomic E-state index is 14.1.